The van der Waals surface area contributed by atoms with Gasteiger partial charge in [0.2, 0.25) is 0 Å². The third kappa shape index (κ3) is 4.00. The molecule has 0 bridgehead atoms. The summed E-state index contributed by atoms with van der Waals surface area (Å²) in [6, 6.07) is 21.2. The minimum absolute atomic E-state index is 0.0240. The monoisotopic (exact) mass is 388 g/mol. The molecular formula is C24H24N2O3. The number of amides is 1. The Labute approximate surface area is 170 Å². The first-order chi connectivity index (χ1) is 14.2. The highest BCUT2D eigenvalue weighted by Gasteiger charge is 2.28. The van der Waals surface area contributed by atoms with Crippen molar-refractivity contribution in [3.05, 3.63) is 83.4 Å². The molecule has 3 aromatic rings. The van der Waals surface area contributed by atoms with Crippen molar-refractivity contribution in [3.8, 4) is 0 Å². The van der Waals surface area contributed by atoms with Crippen molar-refractivity contribution in [1.29, 1.82) is 0 Å². The fourth-order valence-electron chi connectivity index (χ4n) is 3.91. The molecule has 1 N–H and O–H groups in total. The average molecular weight is 388 g/mol. The second kappa shape index (κ2) is 8.45. The number of carbonyl (C=O) groups is 2. The van der Waals surface area contributed by atoms with Gasteiger partial charge >= 0.3 is 5.97 Å². The normalized spacial score (nSPS) is 16.0. The minimum Gasteiger partial charge on any atom is -0.465 e. The molecular weight excluding hydrogens is 364 g/mol. The molecule has 1 heterocycles. The van der Waals surface area contributed by atoms with E-state index in [0.29, 0.717) is 17.7 Å². The summed E-state index contributed by atoms with van der Waals surface area (Å²) in [7, 11) is 1.37. The first-order valence-corrected chi connectivity index (χ1v) is 9.84. The molecule has 0 radical (unpaired) electrons. The van der Waals surface area contributed by atoms with Crippen LogP contribution in [0.2, 0.25) is 0 Å². The van der Waals surface area contributed by atoms with Crippen LogP contribution in [-0.2, 0) is 11.3 Å². The van der Waals surface area contributed by atoms with E-state index in [0.717, 1.165) is 35.8 Å². The fraction of sp³-hybridized carbons (Fsp3) is 0.250. The maximum atomic E-state index is 13.5. The standard InChI is InChI=1S/C24H24N2O3/c1-29-24(28)22-9-5-4-8-20(22)16-26(21-12-13-25-15-21)23(27)19-11-10-17-6-2-3-7-18(17)14-19/h2-11,14,21,25H,12-13,15-16H2,1H3/t21-/m1/s1. The van der Waals surface area contributed by atoms with Crippen molar-refractivity contribution in [2.75, 3.05) is 20.2 Å². The van der Waals surface area contributed by atoms with E-state index in [1.165, 1.54) is 7.11 Å². The maximum absolute atomic E-state index is 13.5. The Hall–Kier alpha value is -3.18. The van der Waals surface area contributed by atoms with Crippen molar-refractivity contribution in [3.63, 3.8) is 0 Å². The maximum Gasteiger partial charge on any atom is 0.338 e. The number of hydrogen-bond donors (Lipinski definition) is 1. The van der Waals surface area contributed by atoms with Crippen LogP contribution in [0.15, 0.2) is 66.7 Å². The SMILES string of the molecule is COC(=O)c1ccccc1CN(C(=O)c1ccc2ccccc2c1)[C@@H]1CCNC1. The van der Waals surface area contributed by atoms with Gasteiger partial charge in [0, 0.05) is 24.7 Å². The summed E-state index contributed by atoms with van der Waals surface area (Å²) in [5.41, 5.74) is 1.95. The highest BCUT2D eigenvalue weighted by Crippen LogP contribution is 2.22. The van der Waals surface area contributed by atoms with E-state index in [1.54, 1.807) is 6.07 Å². The first-order valence-electron chi connectivity index (χ1n) is 9.84. The van der Waals surface area contributed by atoms with Gasteiger partial charge in [0.1, 0.15) is 0 Å². The molecule has 1 saturated heterocycles. The molecule has 3 aromatic carbocycles. The minimum atomic E-state index is -0.386. The summed E-state index contributed by atoms with van der Waals surface area (Å²) >= 11 is 0. The van der Waals surface area contributed by atoms with Crippen molar-refractivity contribution >= 4 is 22.6 Å². The van der Waals surface area contributed by atoms with Crippen LogP contribution < -0.4 is 5.32 Å². The van der Waals surface area contributed by atoms with Crippen LogP contribution in [0.25, 0.3) is 10.8 Å². The molecule has 148 valence electrons. The smallest absolute Gasteiger partial charge is 0.338 e. The molecule has 0 aliphatic carbocycles. The Morgan fingerprint density at radius 1 is 1.03 bits per heavy atom. The van der Waals surface area contributed by atoms with Gasteiger partial charge in [0.15, 0.2) is 0 Å². The molecule has 4 rings (SSSR count). The lowest BCUT2D eigenvalue weighted by atomic mass is 10.0. The zero-order valence-corrected chi connectivity index (χ0v) is 16.4. The van der Waals surface area contributed by atoms with Gasteiger partial charge in [-0.15, -0.1) is 0 Å². The van der Waals surface area contributed by atoms with Crippen LogP contribution in [-0.4, -0.2) is 43.0 Å². The van der Waals surface area contributed by atoms with Crippen molar-refractivity contribution < 1.29 is 14.3 Å². The van der Waals surface area contributed by atoms with Gasteiger partial charge < -0.3 is 15.0 Å². The lowest BCUT2D eigenvalue weighted by Crippen LogP contribution is -2.41. The van der Waals surface area contributed by atoms with Crippen LogP contribution in [0.3, 0.4) is 0 Å². The molecule has 0 unspecified atom stereocenters. The summed E-state index contributed by atoms with van der Waals surface area (Å²) in [5, 5.41) is 5.48. The molecule has 1 aliphatic heterocycles. The predicted octanol–water partition coefficient (Wildman–Crippen LogP) is 3.63. The molecule has 1 aliphatic rings. The molecule has 0 saturated carbocycles. The predicted molar refractivity (Wildman–Crippen MR) is 113 cm³/mol. The topological polar surface area (TPSA) is 58.6 Å². The largest absolute Gasteiger partial charge is 0.465 e. The van der Waals surface area contributed by atoms with Crippen LogP contribution in [0.5, 0.6) is 0 Å². The Balaban J connectivity index is 1.69. The summed E-state index contributed by atoms with van der Waals surface area (Å²) in [5.74, 6) is -0.410. The highest BCUT2D eigenvalue weighted by atomic mass is 16.5. The quantitative estimate of drug-likeness (QED) is 0.678. The number of fused-ring (bicyclic) bond motifs is 1. The molecule has 5 heteroatoms. The van der Waals surface area contributed by atoms with E-state index in [4.69, 9.17) is 4.74 Å². The van der Waals surface area contributed by atoms with E-state index < -0.39 is 0 Å². The average Bonchev–Trinajstić information content (AvgIpc) is 3.31. The number of nitrogens with zero attached hydrogens (tertiary/aromatic N) is 1. The van der Waals surface area contributed by atoms with Crippen LogP contribution >= 0.6 is 0 Å². The Morgan fingerprint density at radius 2 is 1.79 bits per heavy atom. The van der Waals surface area contributed by atoms with Crippen LogP contribution in [0, 0.1) is 0 Å². The molecule has 1 atom stereocenters. The molecule has 0 aromatic heterocycles. The second-order valence-electron chi connectivity index (χ2n) is 7.29. The fourth-order valence-corrected chi connectivity index (χ4v) is 3.91. The number of esters is 1. The summed E-state index contributed by atoms with van der Waals surface area (Å²) in [6.07, 6.45) is 0.889. The molecule has 29 heavy (non-hydrogen) atoms. The first kappa shape index (κ1) is 19.2. The van der Waals surface area contributed by atoms with Crippen molar-refractivity contribution in [2.45, 2.75) is 19.0 Å². The van der Waals surface area contributed by atoms with Gasteiger partial charge in [-0.25, -0.2) is 4.79 Å². The van der Waals surface area contributed by atoms with Crippen molar-refractivity contribution in [1.82, 2.24) is 10.2 Å². The van der Waals surface area contributed by atoms with Gasteiger partial charge in [-0.3, -0.25) is 4.79 Å². The number of ether oxygens (including phenoxy) is 1. The zero-order valence-electron chi connectivity index (χ0n) is 16.4. The number of rotatable bonds is 5. The number of hydrogen-bond acceptors (Lipinski definition) is 4. The summed E-state index contributed by atoms with van der Waals surface area (Å²) in [6.45, 7) is 1.99. The Morgan fingerprint density at radius 3 is 2.55 bits per heavy atom. The van der Waals surface area contributed by atoms with Crippen LogP contribution in [0.1, 0.15) is 32.7 Å². The van der Waals surface area contributed by atoms with Crippen LogP contribution in [0.4, 0.5) is 0 Å². The Kier molecular flexibility index (Phi) is 5.58. The van der Waals surface area contributed by atoms with E-state index in [2.05, 4.69) is 5.32 Å². The molecule has 0 spiro atoms. The third-order valence-electron chi connectivity index (χ3n) is 5.50. The van der Waals surface area contributed by atoms with E-state index >= 15 is 0 Å². The van der Waals surface area contributed by atoms with Crippen molar-refractivity contribution in [2.24, 2.45) is 0 Å². The lowest BCUT2D eigenvalue weighted by Gasteiger charge is -2.29. The zero-order chi connectivity index (χ0) is 20.2. The van der Waals surface area contributed by atoms with Gasteiger partial charge in [-0.2, -0.15) is 0 Å². The summed E-state index contributed by atoms with van der Waals surface area (Å²) < 4.78 is 4.92. The van der Waals surface area contributed by atoms with E-state index in [1.807, 2.05) is 65.6 Å². The molecule has 1 fully saturated rings. The third-order valence-corrected chi connectivity index (χ3v) is 5.50. The lowest BCUT2D eigenvalue weighted by molar-refractivity contribution is 0.0588. The van der Waals surface area contributed by atoms with Gasteiger partial charge in [-0.1, -0.05) is 48.5 Å². The molecule has 5 nitrogen and oxygen atoms in total. The number of methoxy groups -OCH3 is 1. The summed E-state index contributed by atoms with van der Waals surface area (Å²) in [4.78, 5) is 27.6. The van der Waals surface area contributed by atoms with E-state index in [9.17, 15) is 9.59 Å². The molecule has 1 amide bonds. The van der Waals surface area contributed by atoms with Gasteiger partial charge in [0.05, 0.1) is 12.7 Å². The second-order valence-corrected chi connectivity index (χ2v) is 7.29. The number of nitrogens with one attached hydrogen (secondary N) is 1. The Bertz CT molecular complexity index is 1040. The number of benzene rings is 3. The van der Waals surface area contributed by atoms with Gasteiger partial charge in [-0.05, 0) is 47.5 Å². The van der Waals surface area contributed by atoms with E-state index in [-0.39, 0.29) is 17.9 Å². The van der Waals surface area contributed by atoms with Gasteiger partial charge in [0.25, 0.3) is 5.91 Å². The highest BCUT2D eigenvalue weighted by molar-refractivity contribution is 5.99. The number of carbonyl (C=O) groups excluding carboxylic acids is 2.